The first kappa shape index (κ1) is 15.8. The Bertz CT molecular complexity index is 562. The van der Waals surface area contributed by atoms with Crippen LogP contribution in [0.25, 0.3) is 0 Å². The molecule has 20 heavy (non-hydrogen) atoms. The van der Waals surface area contributed by atoms with Gasteiger partial charge in [-0.15, -0.1) is 0 Å². The van der Waals surface area contributed by atoms with E-state index in [0.717, 1.165) is 19.2 Å². The van der Waals surface area contributed by atoms with Gasteiger partial charge in [0.15, 0.2) is 0 Å². The second-order valence-corrected chi connectivity index (χ2v) is 7.08. The van der Waals surface area contributed by atoms with Crippen molar-refractivity contribution in [1.29, 1.82) is 0 Å². The molecule has 0 atom stereocenters. The largest absolute Gasteiger partial charge is 0.379 e. The second kappa shape index (κ2) is 6.95. The summed E-state index contributed by atoms with van der Waals surface area (Å²) in [6, 6.07) is 3.88. The van der Waals surface area contributed by atoms with E-state index in [0.29, 0.717) is 24.2 Å². The molecular formula is C12H16BrFN2O3S. The first-order valence-electron chi connectivity index (χ1n) is 6.24. The molecule has 5 nitrogen and oxygen atoms in total. The summed E-state index contributed by atoms with van der Waals surface area (Å²) >= 11 is 3.09. The van der Waals surface area contributed by atoms with Crippen molar-refractivity contribution >= 4 is 26.0 Å². The molecular weight excluding hydrogens is 351 g/mol. The molecule has 1 aromatic carbocycles. The molecule has 0 unspecified atom stereocenters. The Labute approximate surface area is 126 Å². The molecule has 0 spiro atoms. The molecule has 8 heteroatoms. The molecule has 1 aliphatic rings. The van der Waals surface area contributed by atoms with Gasteiger partial charge in [0.2, 0.25) is 10.0 Å². The summed E-state index contributed by atoms with van der Waals surface area (Å²) in [7, 11) is -3.81. The summed E-state index contributed by atoms with van der Waals surface area (Å²) in [4.78, 5) is 1.77. The van der Waals surface area contributed by atoms with Crippen LogP contribution >= 0.6 is 15.9 Å². The summed E-state index contributed by atoms with van der Waals surface area (Å²) in [6.07, 6.45) is 0. The van der Waals surface area contributed by atoms with Crippen molar-refractivity contribution in [1.82, 2.24) is 9.62 Å². The van der Waals surface area contributed by atoms with Gasteiger partial charge in [0.05, 0.1) is 13.2 Å². The highest BCUT2D eigenvalue weighted by molar-refractivity contribution is 9.10. The van der Waals surface area contributed by atoms with Crippen molar-refractivity contribution < 1.29 is 17.5 Å². The first-order valence-corrected chi connectivity index (χ1v) is 8.51. The Morgan fingerprint density at radius 2 is 2.05 bits per heavy atom. The summed E-state index contributed by atoms with van der Waals surface area (Å²) in [6.45, 7) is 3.73. The Balaban J connectivity index is 1.93. The lowest BCUT2D eigenvalue weighted by Crippen LogP contribution is -2.41. The number of benzene rings is 1. The van der Waals surface area contributed by atoms with E-state index in [9.17, 15) is 12.8 Å². The van der Waals surface area contributed by atoms with Crippen molar-refractivity contribution in [2.75, 3.05) is 39.4 Å². The number of morpholine rings is 1. The maximum absolute atomic E-state index is 13.7. The summed E-state index contributed by atoms with van der Waals surface area (Å²) in [5, 5.41) is 0. The zero-order valence-electron chi connectivity index (χ0n) is 10.8. The van der Waals surface area contributed by atoms with Gasteiger partial charge >= 0.3 is 0 Å². The lowest BCUT2D eigenvalue weighted by Gasteiger charge is -2.26. The average Bonchev–Trinajstić information content (AvgIpc) is 2.39. The number of sulfonamides is 1. The van der Waals surface area contributed by atoms with E-state index in [-0.39, 0.29) is 11.4 Å². The van der Waals surface area contributed by atoms with Crippen LogP contribution in [0.4, 0.5) is 4.39 Å². The van der Waals surface area contributed by atoms with Crippen LogP contribution < -0.4 is 4.72 Å². The highest BCUT2D eigenvalue weighted by atomic mass is 79.9. The van der Waals surface area contributed by atoms with Crippen LogP contribution in [-0.2, 0) is 14.8 Å². The third kappa shape index (κ3) is 4.23. The van der Waals surface area contributed by atoms with Crippen LogP contribution in [-0.4, -0.2) is 52.7 Å². The van der Waals surface area contributed by atoms with E-state index in [1.165, 1.54) is 12.1 Å². The maximum Gasteiger partial charge on any atom is 0.243 e. The van der Waals surface area contributed by atoms with Gasteiger partial charge in [0, 0.05) is 30.7 Å². The van der Waals surface area contributed by atoms with E-state index in [1.807, 2.05) is 0 Å². The SMILES string of the molecule is O=S(=O)(NCCN1CCOCC1)c1ccc(Br)cc1F. The third-order valence-corrected chi connectivity index (χ3v) is 4.99. The van der Waals surface area contributed by atoms with Crippen molar-refractivity contribution in [3.8, 4) is 0 Å². The standard InChI is InChI=1S/C12H16BrFN2O3S/c13-10-1-2-12(11(14)9-10)20(17,18)15-3-4-16-5-7-19-8-6-16/h1-2,9,15H,3-8H2. The van der Waals surface area contributed by atoms with Crippen LogP contribution in [0.1, 0.15) is 0 Å². The van der Waals surface area contributed by atoms with Crippen molar-refractivity contribution in [2.45, 2.75) is 4.90 Å². The Hall–Kier alpha value is -0.540. The third-order valence-electron chi connectivity index (χ3n) is 3.01. The van der Waals surface area contributed by atoms with Gasteiger partial charge in [-0.25, -0.2) is 17.5 Å². The van der Waals surface area contributed by atoms with Crippen LogP contribution in [0.15, 0.2) is 27.6 Å². The number of hydrogen-bond acceptors (Lipinski definition) is 4. The Morgan fingerprint density at radius 1 is 1.35 bits per heavy atom. The van der Waals surface area contributed by atoms with Crippen LogP contribution in [0.3, 0.4) is 0 Å². The van der Waals surface area contributed by atoms with Gasteiger partial charge in [-0.2, -0.15) is 0 Å². The molecule has 1 fully saturated rings. The van der Waals surface area contributed by atoms with Gasteiger partial charge in [-0.1, -0.05) is 15.9 Å². The number of nitrogens with one attached hydrogen (secondary N) is 1. The number of rotatable bonds is 5. The molecule has 1 N–H and O–H groups in total. The fourth-order valence-electron chi connectivity index (χ4n) is 1.93. The molecule has 0 aromatic heterocycles. The minimum absolute atomic E-state index is 0.248. The van der Waals surface area contributed by atoms with Gasteiger partial charge in [-0.05, 0) is 18.2 Å². The second-order valence-electron chi connectivity index (χ2n) is 4.43. The van der Waals surface area contributed by atoms with Gasteiger partial charge in [0.25, 0.3) is 0 Å². The molecule has 0 radical (unpaired) electrons. The molecule has 0 aliphatic carbocycles. The monoisotopic (exact) mass is 366 g/mol. The summed E-state index contributed by atoms with van der Waals surface area (Å²) < 4.78 is 45.8. The Kier molecular flexibility index (Phi) is 5.50. The molecule has 0 bridgehead atoms. The molecule has 1 aliphatic heterocycles. The normalized spacial score (nSPS) is 17.3. The zero-order valence-corrected chi connectivity index (χ0v) is 13.2. The maximum atomic E-state index is 13.7. The fourth-order valence-corrected chi connectivity index (χ4v) is 3.35. The quantitative estimate of drug-likeness (QED) is 0.850. The molecule has 1 saturated heterocycles. The topological polar surface area (TPSA) is 58.6 Å². The lowest BCUT2D eigenvalue weighted by atomic mass is 10.3. The van der Waals surface area contributed by atoms with Gasteiger partial charge in [0.1, 0.15) is 10.7 Å². The molecule has 112 valence electrons. The summed E-state index contributed by atoms with van der Waals surface area (Å²) in [5.74, 6) is -0.766. The lowest BCUT2D eigenvalue weighted by molar-refractivity contribution is 0.0390. The van der Waals surface area contributed by atoms with E-state index in [2.05, 4.69) is 25.6 Å². The smallest absolute Gasteiger partial charge is 0.243 e. The zero-order chi connectivity index (χ0) is 14.6. The minimum Gasteiger partial charge on any atom is -0.379 e. The van der Waals surface area contributed by atoms with E-state index in [1.54, 1.807) is 0 Å². The van der Waals surface area contributed by atoms with Crippen molar-refractivity contribution in [3.63, 3.8) is 0 Å². The predicted molar refractivity (Wildman–Crippen MR) is 76.5 cm³/mol. The summed E-state index contributed by atoms with van der Waals surface area (Å²) in [5.41, 5.74) is 0. The number of halogens is 2. The van der Waals surface area contributed by atoms with Crippen molar-refractivity contribution in [3.05, 3.63) is 28.5 Å². The Morgan fingerprint density at radius 3 is 2.70 bits per heavy atom. The highest BCUT2D eigenvalue weighted by Gasteiger charge is 2.19. The van der Waals surface area contributed by atoms with Gasteiger partial charge in [-0.3, -0.25) is 4.90 Å². The highest BCUT2D eigenvalue weighted by Crippen LogP contribution is 2.19. The number of ether oxygens (including phenoxy) is 1. The van der Waals surface area contributed by atoms with Crippen molar-refractivity contribution in [2.24, 2.45) is 0 Å². The molecule has 1 heterocycles. The molecule has 1 aromatic rings. The van der Waals surface area contributed by atoms with Crippen LogP contribution in [0.2, 0.25) is 0 Å². The van der Waals surface area contributed by atoms with E-state index < -0.39 is 15.8 Å². The van der Waals surface area contributed by atoms with Crippen LogP contribution in [0.5, 0.6) is 0 Å². The molecule has 0 amide bonds. The van der Waals surface area contributed by atoms with E-state index in [4.69, 9.17) is 4.74 Å². The van der Waals surface area contributed by atoms with Gasteiger partial charge < -0.3 is 4.74 Å². The number of nitrogens with zero attached hydrogens (tertiary/aromatic N) is 1. The predicted octanol–water partition coefficient (Wildman–Crippen LogP) is 1.20. The molecule has 2 rings (SSSR count). The molecule has 0 saturated carbocycles. The minimum atomic E-state index is -3.81. The fraction of sp³-hybridized carbons (Fsp3) is 0.500. The first-order chi connectivity index (χ1) is 9.49. The van der Waals surface area contributed by atoms with Crippen LogP contribution in [0, 0.1) is 5.82 Å². The number of hydrogen-bond donors (Lipinski definition) is 1. The average molecular weight is 367 g/mol. The van der Waals surface area contributed by atoms with E-state index >= 15 is 0 Å².